The van der Waals surface area contributed by atoms with Crippen molar-refractivity contribution in [3.8, 4) is 5.69 Å². The second kappa shape index (κ2) is 10.4. The Hall–Kier alpha value is -2.36. The molecular formula is C21H30IN7. The molecule has 29 heavy (non-hydrogen) atoms. The average Bonchev–Trinajstić information content (AvgIpc) is 3.30. The van der Waals surface area contributed by atoms with Gasteiger partial charge >= 0.3 is 0 Å². The molecule has 0 aliphatic rings. The molecule has 0 amide bonds. The lowest BCUT2D eigenvalue weighted by Gasteiger charge is -2.19. The number of aromatic nitrogens is 4. The van der Waals surface area contributed by atoms with Gasteiger partial charge in [-0.05, 0) is 44.4 Å². The maximum atomic E-state index is 4.51. The first-order chi connectivity index (χ1) is 13.5. The fourth-order valence-electron chi connectivity index (χ4n) is 3.39. The number of halogens is 1. The Kier molecular flexibility index (Phi) is 8.24. The number of para-hydroxylation sites is 1. The van der Waals surface area contributed by atoms with Gasteiger partial charge < -0.3 is 15.2 Å². The van der Waals surface area contributed by atoms with Crippen molar-refractivity contribution in [3.63, 3.8) is 0 Å². The minimum atomic E-state index is 0. The molecule has 3 aromatic rings. The number of benzene rings is 1. The smallest absolute Gasteiger partial charge is 0.191 e. The molecule has 8 heteroatoms. The van der Waals surface area contributed by atoms with Crippen LogP contribution in [0.4, 0.5) is 0 Å². The van der Waals surface area contributed by atoms with E-state index < -0.39 is 0 Å². The van der Waals surface area contributed by atoms with Gasteiger partial charge in [0.1, 0.15) is 0 Å². The van der Waals surface area contributed by atoms with Gasteiger partial charge in [0, 0.05) is 44.8 Å². The molecular weight excluding hydrogens is 477 g/mol. The zero-order valence-corrected chi connectivity index (χ0v) is 20.0. The molecule has 2 heterocycles. The fraction of sp³-hybridized carbons (Fsp3) is 0.381. The highest BCUT2D eigenvalue weighted by Gasteiger charge is 2.14. The van der Waals surface area contributed by atoms with E-state index in [-0.39, 0.29) is 30.0 Å². The SMILES string of the molecule is CN=C(NCc1ccccc1-n1ccnc1)NC(C)Cc1c(C)nn(C)c1C.I. The summed E-state index contributed by atoms with van der Waals surface area (Å²) in [5.74, 6) is 0.784. The molecule has 0 saturated heterocycles. The first kappa shape index (κ1) is 22.9. The summed E-state index contributed by atoms with van der Waals surface area (Å²) < 4.78 is 3.96. The van der Waals surface area contributed by atoms with Crippen molar-refractivity contribution in [2.24, 2.45) is 12.0 Å². The van der Waals surface area contributed by atoms with E-state index in [4.69, 9.17) is 0 Å². The van der Waals surface area contributed by atoms with Crippen molar-refractivity contribution in [2.75, 3.05) is 7.05 Å². The summed E-state index contributed by atoms with van der Waals surface area (Å²) in [5, 5.41) is 11.4. The monoisotopic (exact) mass is 507 g/mol. The van der Waals surface area contributed by atoms with Crippen LogP contribution in [-0.2, 0) is 20.0 Å². The lowest BCUT2D eigenvalue weighted by atomic mass is 10.1. The van der Waals surface area contributed by atoms with Crippen LogP contribution in [0.2, 0.25) is 0 Å². The highest BCUT2D eigenvalue weighted by atomic mass is 127. The first-order valence-corrected chi connectivity index (χ1v) is 9.52. The number of aryl methyl sites for hydroxylation is 2. The minimum Gasteiger partial charge on any atom is -0.354 e. The summed E-state index contributed by atoms with van der Waals surface area (Å²) in [4.78, 5) is 8.53. The fourth-order valence-corrected chi connectivity index (χ4v) is 3.39. The predicted octanol–water partition coefficient (Wildman–Crippen LogP) is 3.14. The lowest BCUT2D eigenvalue weighted by Crippen LogP contribution is -2.42. The Morgan fingerprint density at radius 2 is 2.00 bits per heavy atom. The molecule has 2 aromatic heterocycles. The topological polar surface area (TPSA) is 72.1 Å². The van der Waals surface area contributed by atoms with Gasteiger partial charge in [-0.25, -0.2) is 4.98 Å². The standard InChI is InChI=1S/C21H29N7.HI/c1-15(12-19-16(2)26-27(5)17(19)3)25-21(22-4)24-13-18-8-6-7-9-20(18)28-11-10-23-14-28;/h6-11,14-15H,12-13H2,1-5H3,(H2,22,24,25);1H. The molecule has 0 aliphatic heterocycles. The molecule has 1 unspecified atom stereocenters. The average molecular weight is 507 g/mol. The van der Waals surface area contributed by atoms with Crippen LogP contribution in [0.5, 0.6) is 0 Å². The number of hydrogen-bond donors (Lipinski definition) is 2. The molecule has 0 aliphatic carbocycles. The number of hydrogen-bond acceptors (Lipinski definition) is 3. The largest absolute Gasteiger partial charge is 0.354 e. The number of imidazole rings is 1. The third-order valence-corrected chi connectivity index (χ3v) is 5.00. The molecule has 0 radical (unpaired) electrons. The highest BCUT2D eigenvalue weighted by Crippen LogP contribution is 2.15. The van der Waals surface area contributed by atoms with Gasteiger partial charge in [0.2, 0.25) is 0 Å². The second-order valence-corrected chi connectivity index (χ2v) is 7.05. The van der Waals surface area contributed by atoms with Crippen LogP contribution in [-0.4, -0.2) is 38.4 Å². The number of nitrogens with one attached hydrogen (secondary N) is 2. The second-order valence-electron chi connectivity index (χ2n) is 7.05. The van der Waals surface area contributed by atoms with Crippen LogP contribution in [0.25, 0.3) is 5.69 Å². The van der Waals surface area contributed by atoms with E-state index >= 15 is 0 Å². The summed E-state index contributed by atoms with van der Waals surface area (Å²) in [5.41, 5.74) is 5.88. The molecule has 156 valence electrons. The van der Waals surface area contributed by atoms with E-state index in [0.29, 0.717) is 6.54 Å². The van der Waals surface area contributed by atoms with Crippen molar-refractivity contribution < 1.29 is 0 Å². The van der Waals surface area contributed by atoms with Crippen LogP contribution in [0.3, 0.4) is 0 Å². The van der Waals surface area contributed by atoms with E-state index in [0.717, 1.165) is 23.8 Å². The van der Waals surface area contributed by atoms with E-state index in [1.165, 1.54) is 16.8 Å². The van der Waals surface area contributed by atoms with Crippen molar-refractivity contribution in [1.29, 1.82) is 0 Å². The van der Waals surface area contributed by atoms with E-state index in [1.54, 1.807) is 13.2 Å². The summed E-state index contributed by atoms with van der Waals surface area (Å²) in [7, 11) is 3.78. The van der Waals surface area contributed by atoms with Crippen molar-refractivity contribution >= 4 is 29.9 Å². The molecule has 0 bridgehead atoms. The zero-order chi connectivity index (χ0) is 20.1. The van der Waals surface area contributed by atoms with E-state index in [2.05, 4.69) is 58.6 Å². The number of nitrogens with zero attached hydrogens (tertiary/aromatic N) is 5. The molecule has 1 aromatic carbocycles. The van der Waals surface area contributed by atoms with Gasteiger partial charge in [0.25, 0.3) is 0 Å². The van der Waals surface area contributed by atoms with E-state index in [9.17, 15) is 0 Å². The minimum absolute atomic E-state index is 0. The Morgan fingerprint density at radius 3 is 2.62 bits per heavy atom. The van der Waals surface area contributed by atoms with Gasteiger partial charge in [0.15, 0.2) is 5.96 Å². The number of rotatable bonds is 6. The Balaban J connectivity index is 0.00000300. The maximum Gasteiger partial charge on any atom is 0.191 e. The Labute approximate surface area is 189 Å². The predicted molar refractivity (Wildman–Crippen MR) is 128 cm³/mol. The van der Waals surface area contributed by atoms with Crippen LogP contribution in [0.15, 0.2) is 48.0 Å². The van der Waals surface area contributed by atoms with Crippen LogP contribution in [0.1, 0.15) is 29.4 Å². The first-order valence-electron chi connectivity index (χ1n) is 9.52. The van der Waals surface area contributed by atoms with Crippen molar-refractivity contribution in [2.45, 2.75) is 39.8 Å². The summed E-state index contributed by atoms with van der Waals surface area (Å²) in [6.45, 7) is 7.02. The van der Waals surface area contributed by atoms with Crippen molar-refractivity contribution in [3.05, 3.63) is 65.5 Å². The molecule has 2 N–H and O–H groups in total. The lowest BCUT2D eigenvalue weighted by molar-refractivity contribution is 0.635. The molecule has 3 rings (SSSR count). The Bertz CT molecular complexity index is 944. The summed E-state index contributed by atoms with van der Waals surface area (Å²) in [6.07, 6.45) is 6.45. The maximum absolute atomic E-state index is 4.51. The van der Waals surface area contributed by atoms with E-state index in [1.807, 2.05) is 41.0 Å². The summed E-state index contributed by atoms with van der Waals surface area (Å²) >= 11 is 0. The van der Waals surface area contributed by atoms with Crippen LogP contribution in [0, 0.1) is 13.8 Å². The molecule has 7 nitrogen and oxygen atoms in total. The number of aliphatic imine (C=N–C) groups is 1. The molecule has 0 saturated carbocycles. The normalized spacial score (nSPS) is 12.4. The summed E-state index contributed by atoms with van der Waals surface area (Å²) in [6, 6.07) is 8.51. The van der Waals surface area contributed by atoms with Crippen molar-refractivity contribution in [1.82, 2.24) is 30.0 Å². The van der Waals surface area contributed by atoms with Gasteiger partial charge in [-0.2, -0.15) is 5.10 Å². The third-order valence-electron chi connectivity index (χ3n) is 5.00. The zero-order valence-electron chi connectivity index (χ0n) is 17.7. The van der Waals surface area contributed by atoms with Gasteiger partial charge in [0.05, 0.1) is 17.7 Å². The molecule has 1 atom stereocenters. The van der Waals surface area contributed by atoms with Crippen LogP contribution >= 0.6 is 24.0 Å². The third kappa shape index (κ3) is 5.59. The van der Waals surface area contributed by atoms with Gasteiger partial charge in [-0.1, -0.05) is 18.2 Å². The quantitative estimate of drug-likeness (QED) is 0.306. The number of guanidine groups is 1. The molecule has 0 fully saturated rings. The van der Waals surface area contributed by atoms with Gasteiger partial charge in [-0.15, -0.1) is 24.0 Å². The van der Waals surface area contributed by atoms with Crippen LogP contribution < -0.4 is 10.6 Å². The molecule has 0 spiro atoms. The highest BCUT2D eigenvalue weighted by molar-refractivity contribution is 14.0. The Morgan fingerprint density at radius 1 is 1.24 bits per heavy atom. The van der Waals surface area contributed by atoms with Gasteiger partial charge in [-0.3, -0.25) is 9.67 Å².